The van der Waals surface area contributed by atoms with Crippen molar-refractivity contribution < 1.29 is 4.39 Å². The monoisotopic (exact) mass is 537 g/mol. The van der Waals surface area contributed by atoms with Gasteiger partial charge < -0.3 is 4.98 Å². The average molecular weight is 538 g/mol. The lowest BCUT2D eigenvalue weighted by molar-refractivity contribution is 0.0998. The first kappa shape index (κ1) is 26.0. The van der Waals surface area contributed by atoms with Crippen LogP contribution in [0.5, 0.6) is 0 Å². The number of H-pyrrole nitrogens is 1. The van der Waals surface area contributed by atoms with Crippen LogP contribution in [0.1, 0.15) is 39.7 Å². The average Bonchev–Trinajstić information content (AvgIpc) is 3.42. The van der Waals surface area contributed by atoms with Gasteiger partial charge in [0.2, 0.25) is 0 Å². The first-order chi connectivity index (χ1) is 19.5. The zero-order valence-electron chi connectivity index (χ0n) is 22.7. The van der Waals surface area contributed by atoms with Crippen LogP contribution in [0.2, 0.25) is 0 Å². The van der Waals surface area contributed by atoms with Gasteiger partial charge in [0.15, 0.2) is 5.82 Å². The van der Waals surface area contributed by atoms with Crippen LogP contribution in [0.4, 0.5) is 4.39 Å². The quantitative estimate of drug-likeness (QED) is 0.335. The van der Waals surface area contributed by atoms with Crippen LogP contribution >= 0.6 is 0 Å². The van der Waals surface area contributed by atoms with Crippen molar-refractivity contribution in [1.82, 2.24) is 35.0 Å². The summed E-state index contributed by atoms with van der Waals surface area (Å²) in [5.41, 5.74) is 5.60. The molecule has 204 valence electrons. The van der Waals surface area contributed by atoms with Gasteiger partial charge >= 0.3 is 0 Å². The molecule has 5 aromatic rings. The van der Waals surface area contributed by atoms with E-state index in [0.717, 1.165) is 60.3 Å². The van der Waals surface area contributed by atoms with Gasteiger partial charge in [-0.25, -0.2) is 9.07 Å². The van der Waals surface area contributed by atoms with E-state index in [4.69, 9.17) is 0 Å². The highest BCUT2D eigenvalue weighted by molar-refractivity contribution is 5.85. The molecular weight excluding hydrogens is 505 g/mol. The number of aromatic nitrogens is 5. The highest BCUT2D eigenvalue weighted by Crippen LogP contribution is 2.30. The van der Waals surface area contributed by atoms with Crippen molar-refractivity contribution in [3.8, 4) is 0 Å². The molecule has 9 heteroatoms. The maximum atomic E-state index is 13.7. The molecule has 1 atom stereocenters. The number of rotatable bonds is 7. The van der Waals surface area contributed by atoms with Gasteiger partial charge in [-0.15, -0.1) is 5.10 Å². The molecule has 1 aliphatic heterocycles. The molecule has 1 N–H and O–H groups in total. The predicted octanol–water partition coefficient (Wildman–Crippen LogP) is 4.23. The summed E-state index contributed by atoms with van der Waals surface area (Å²) in [6.07, 6.45) is 0. The number of benzene rings is 3. The molecule has 40 heavy (non-hydrogen) atoms. The molecule has 0 radical (unpaired) electrons. The van der Waals surface area contributed by atoms with Crippen molar-refractivity contribution in [3.05, 3.63) is 123 Å². The number of aryl methyl sites for hydroxylation is 2. The number of nitrogens with zero attached hydrogens (tertiary/aromatic N) is 6. The van der Waals surface area contributed by atoms with Gasteiger partial charge in [0.05, 0.1) is 12.1 Å². The highest BCUT2D eigenvalue weighted by Gasteiger charge is 2.33. The molecule has 0 spiro atoms. The van der Waals surface area contributed by atoms with E-state index in [0.29, 0.717) is 17.9 Å². The first-order valence-corrected chi connectivity index (χ1v) is 13.6. The van der Waals surface area contributed by atoms with Gasteiger partial charge in [0, 0.05) is 43.7 Å². The summed E-state index contributed by atoms with van der Waals surface area (Å²) in [5.74, 6) is 0.302. The molecule has 1 saturated heterocycles. The van der Waals surface area contributed by atoms with Crippen LogP contribution in [-0.4, -0.2) is 61.2 Å². The Morgan fingerprint density at radius 3 is 2.33 bits per heavy atom. The SMILES string of the molecule is Cc1ccc(C)c2[nH]c(=O)c(C(c3nnnn3Cc3ccc(F)cc3)N3CCN(Cc4ccccc4)CC3)cc12. The Balaban J connectivity index is 1.37. The standard InChI is InChI=1S/C31H32FN7O/c1-21-8-9-22(2)28-26(21)18-27(31(40)33-28)29(30-34-35-36-39(30)20-24-10-12-25(32)13-11-24)38-16-14-37(15-17-38)19-23-6-4-3-5-7-23/h3-13,18,29H,14-17,19-20H2,1-2H3,(H,33,40). The van der Waals surface area contributed by atoms with Gasteiger partial charge in [0.25, 0.3) is 5.56 Å². The predicted molar refractivity (Wildman–Crippen MR) is 152 cm³/mol. The van der Waals surface area contributed by atoms with E-state index in [9.17, 15) is 9.18 Å². The van der Waals surface area contributed by atoms with E-state index >= 15 is 0 Å². The first-order valence-electron chi connectivity index (χ1n) is 13.6. The number of aromatic amines is 1. The van der Waals surface area contributed by atoms with Crippen LogP contribution < -0.4 is 5.56 Å². The third-order valence-corrected chi connectivity index (χ3v) is 7.84. The molecule has 1 fully saturated rings. The van der Waals surface area contributed by atoms with Crippen molar-refractivity contribution in [1.29, 1.82) is 0 Å². The molecule has 2 aromatic heterocycles. The highest BCUT2D eigenvalue weighted by atomic mass is 19.1. The van der Waals surface area contributed by atoms with Crippen molar-refractivity contribution in [2.24, 2.45) is 0 Å². The number of nitrogens with one attached hydrogen (secondary N) is 1. The summed E-state index contributed by atoms with van der Waals surface area (Å²) in [6.45, 7) is 8.54. The van der Waals surface area contributed by atoms with Gasteiger partial charge in [-0.05, 0) is 64.7 Å². The number of halogens is 1. The van der Waals surface area contributed by atoms with Crippen molar-refractivity contribution >= 4 is 10.9 Å². The maximum absolute atomic E-state index is 13.7. The van der Waals surface area contributed by atoms with E-state index in [2.05, 4.69) is 67.6 Å². The second-order valence-electron chi connectivity index (χ2n) is 10.6. The van der Waals surface area contributed by atoms with E-state index in [1.165, 1.54) is 17.7 Å². The van der Waals surface area contributed by atoms with Crippen LogP contribution in [0.15, 0.2) is 77.6 Å². The Morgan fingerprint density at radius 2 is 1.57 bits per heavy atom. The Bertz CT molecular complexity index is 1670. The largest absolute Gasteiger partial charge is 0.321 e. The Hall–Kier alpha value is -4.21. The minimum Gasteiger partial charge on any atom is -0.321 e. The molecular formula is C31H32FN7O. The maximum Gasteiger partial charge on any atom is 0.253 e. The summed E-state index contributed by atoms with van der Waals surface area (Å²) in [5, 5.41) is 13.8. The molecule has 6 rings (SSSR count). The molecule has 3 aromatic carbocycles. The fourth-order valence-corrected chi connectivity index (χ4v) is 5.60. The lowest BCUT2D eigenvalue weighted by atomic mass is 9.99. The summed E-state index contributed by atoms with van der Waals surface area (Å²) in [4.78, 5) is 21.6. The molecule has 0 saturated carbocycles. The number of hydrogen-bond acceptors (Lipinski definition) is 6. The summed E-state index contributed by atoms with van der Waals surface area (Å²) in [7, 11) is 0. The van der Waals surface area contributed by atoms with Crippen molar-refractivity contribution in [3.63, 3.8) is 0 Å². The van der Waals surface area contributed by atoms with Crippen molar-refractivity contribution in [2.45, 2.75) is 33.0 Å². The van der Waals surface area contributed by atoms with Crippen LogP contribution in [-0.2, 0) is 13.1 Å². The smallest absolute Gasteiger partial charge is 0.253 e. The topological polar surface area (TPSA) is 82.9 Å². The fourth-order valence-electron chi connectivity index (χ4n) is 5.60. The molecule has 0 aliphatic carbocycles. The third kappa shape index (κ3) is 5.30. The number of piperazine rings is 1. The van der Waals surface area contributed by atoms with E-state index in [1.54, 1.807) is 16.8 Å². The molecule has 0 bridgehead atoms. The minimum absolute atomic E-state index is 0.144. The minimum atomic E-state index is -0.442. The summed E-state index contributed by atoms with van der Waals surface area (Å²) >= 11 is 0. The summed E-state index contributed by atoms with van der Waals surface area (Å²) < 4.78 is 15.3. The van der Waals surface area contributed by atoms with Crippen LogP contribution in [0.25, 0.3) is 10.9 Å². The van der Waals surface area contributed by atoms with Gasteiger partial charge in [0.1, 0.15) is 11.9 Å². The van der Waals surface area contributed by atoms with E-state index in [1.807, 2.05) is 25.1 Å². The van der Waals surface area contributed by atoms with Gasteiger partial charge in [-0.1, -0.05) is 54.6 Å². The lowest BCUT2D eigenvalue weighted by Gasteiger charge is -2.38. The van der Waals surface area contributed by atoms with E-state index in [-0.39, 0.29) is 11.4 Å². The normalized spacial score (nSPS) is 15.5. The zero-order chi connectivity index (χ0) is 27.6. The molecule has 0 amide bonds. The molecule has 3 heterocycles. The lowest BCUT2D eigenvalue weighted by Crippen LogP contribution is -2.48. The number of fused-ring (bicyclic) bond motifs is 1. The third-order valence-electron chi connectivity index (χ3n) is 7.84. The second kappa shape index (κ2) is 11.1. The molecule has 8 nitrogen and oxygen atoms in total. The Labute approximate surface area is 232 Å². The zero-order valence-corrected chi connectivity index (χ0v) is 22.7. The number of pyridine rings is 1. The molecule has 1 aliphatic rings. The van der Waals surface area contributed by atoms with Crippen LogP contribution in [0, 0.1) is 19.7 Å². The van der Waals surface area contributed by atoms with Gasteiger partial charge in [-0.2, -0.15) is 0 Å². The Morgan fingerprint density at radius 1 is 0.875 bits per heavy atom. The number of hydrogen-bond donors (Lipinski definition) is 1. The molecule has 1 unspecified atom stereocenters. The van der Waals surface area contributed by atoms with Gasteiger partial charge in [-0.3, -0.25) is 14.6 Å². The second-order valence-corrected chi connectivity index (χ2v) is 10.6. The van der Waals surface area contributed by atoms with Crippen molar-refractivity contribution in [2.75, 3.05) is 26.2 Å². The fraction of sp³-hybridized carbons (Fsp3) is 0.290. The number of tetrazole rings is 1. The summed E-state index contributed by atoms with van der Waals surface area (Å²) in [6, 6.07) is 22.5. The van der Waals surface area contributed by atoms with Crippen LogP contribution in [0.3, 0.4) is 0 Å². The van der Waals surface area contributed by atoms with E-state index < -0.39 is 6.04 Å². The Kier molecular flexibility index (Phi) is 7.23.